The molecular weight excluding hydrogens is 905 g/mol. The van der Waals surface area contributed by atoms with Crippen molar-refractivity contribution < 1.29 is 13.3 Å². The van der Waals surface area contributed by atoms with E-state index in [0.717, 1.165) is 28.8 Å². The quantitative estimate of drug-likeness (QED) is 0.0582. The maximum absolute atomic E-state index is 6.33. The highest BCUT2D eigenvalue weighted by Crippen LogP contribution is 2.56. The Morgan fingerprint density at radius 2 is 0.671 bits per heavy atom. The zero-order valence-corrected chi connectivity index (χ0v) is 43.3. The van der Waals surface area contributed by atoms with Crippen LogP contribution in [0.2, 0.25) is 0 Å². The van der Waals surface area contributed by atoms with E-state index in [4.69, 9.17) is 13.3 Å². The molecule has 0 bridgehead atoms. The summed E-state index contributed by atoms with van der Waals surface area (Å²) < 4.78 is 19.0. The molecule has 12 aromatic rings. The molecule has 12 rings (SSSR count). The van der Waals surface area contributed by atoms with E-state index in [2.05, 4.69) is 213 Å². The van der Waals surface area contributed by atoms with Gasteiger partial charge in [-0.2, -0.15) is 0 Å². The molecule has 0 saturated carbocycles. The van der Waals surface area contributed by atoms with E-state index in [-0.39, 0.29) is 0 Å². The van der Waals surface area contributed by atoms with Gasteiger partial charge in [0, 0.05) is 26.5 Å². The molecule has 0 aromatic heterocycles. The Balaban J connectivity index is 1.40. The Kier molecular flexibility index (Phi) is 12.7. The molecule has 0 heterocycles. The first-order valence-corrected chi connectivity index (χ1v) is 27.9. The Morgan fingerprint density at radius 3 is 1.10 bits per heavy atom. The van der Waals surface area contributed by atoms with E-state index in [9.17, 15) is 0 Å². The number of aryl methyl sites for hydroxylation is 1. The molecule has 0 aliphatic rings. The zero-order valence-electron chi connectivity index (χ0n) is 42.3. The number of hydrogen-bond donors (Lipinski definition) is 0. The van der Waals surface area contributed by atoms with E-state index in [1.54, 1.807) is 21.3 Å². The molecule has 0 atom stereocenters. The van der Waals surface area contributed by atoms with Crippen LogP contribution in [0.5, 0.6) is 0 Å². The lowest BCUT2D eigenvalue weighted by atomic mass is 9.75. The van der Waals surface area contributed by atoms with Gasteiger partial charge < -0.3 is 13.3 Å². The molecule has 4 heteroatoms. The largest absolute Gasteiger partial charge is 0.536 e. The number of unbranched alkanes of at least 4 members (excludes halogenated alkanes) is 5. The lowest BCUT2D eigenvalue weighted by Gasteiger charge is -2.29. The van der Waals surface area contributed by atoms with Gasteiger partial charge in [0.25, 0.3) is 0 Å². The number of hydrogen-bond acceptors (Lipinski definition) is 3. The summed E-state index contributed by atoms with van der Waals surface area (Å²) in [6.45, 7) is 2.30. The van der Waals surface area contributed by atoms with Gasteiger partial charge in [-0.3, -0.25) is 0 Å². The molecule has 358 valence electrons. The highest BCUT2D eigenvalue weighted by Gasteiger charge is 2.41. The smallest absolute Gasteiger partial charge is 0.373 e. The van der Waals surface area contributed by atoms with Crippen molar-refractivity contribution in [3.8, 4) is 44.5 Å². The first-order valence-electron chi connectivity index (χ1n) is 26.2. The van der Waals surface area contributed by atoms with Crippen LogP contribution in [0.4, 0.5) is 0 Å². The molecule has 0 radical (unpaired) electrons. The van der Waals surface area contributed by atoms with Crippen molar-refractivity contribution in [2.45, 2.75) is 51.9 Å². The average Bonchev–Trinajstić information content (AvgIpc) is 3.45. The van der Waals surface area contributed by atoms with E-state index < -0.39 is 8.80 Å². The van der Waals surface area contributed by atoms with Gasteiger partial charge in [0.05, 0.1) is 0 Å². The monoisotopic (exact) mass is 964 g/mol. The molecule has 3 nitrogen and oxygen atoms in total. The Morgan fingerprint density at radius 1 is 0.315 bits per heavy atom. The lowest BCUT2D eigenvalue weighted by Crippen LogP contribution is -2.54. The summed E-state index contributed by atoms with van der Waals surface area (Å²) >= 11 is 0. The molecular formula is C69H60O3Si. The molecule has 12 aromatic carbocycles. The SMILES string of the molecule is CCCCCCCCc1ccc2c(-c3cccc4ccccc34)c3c(-c4cccc5ccccc45)c4ccc([Si](OC)(OC)OC)cc4c(-c4cccc5ccccc45)c3c(-c3cccc4ccccc34)c2c1. The van der Waals surface area contributed by atoms with Crippen LogP contribution in [0.3, 0.4) is 0 Å². The summed E-state index contributed by atoms with van der Waals surface area (Å²) in [5.41, 5.74) is 11.0. The maximum Gasteiger partial charge on any atom is 0.536 e. The lowest BCUT2D eigenvalue weighted by molar-refractivity contribution is 0.140. The Hall–Kier alpha value is -7.44. The number of rotatable bonds is 15. The topological polar surface area (TPSA) is 27.7 Å². The molecule has 0 spiro atoms. The van der Waals surface area contributed by atoms with Gasteiger partial charge in [0.15, 0.2) is 0 Å². The molecule has 0 N–H and O–H groups in total. The predicted octanol–water partition coefficient (Wildman–Crippen LogP) is 18.4. The van der Waals surface area contributed by atoms with Crippen molar-refractivity contribution in [3.05, 3.63) is 212 Å². The third kappa shape index (κ3) is 8.01. The van der Waals surface area contributed by atoms with Crippen LogP contribution in [0, 0.1) is 0 Å². The minimum absolute atomic E-state index is 0.903. The summed E-state index contributed by atoms with van der Waals surface area (Å²) in [5, 5.41) is 17.7. The minimum atomic E-state index is -3.38. The van der Waals surface area contributed by atoms with Crippen LogP contribution in [0.25, 0.3) is 120 Å². The summed E-state index contributed by atoms with van der Waals surface area (Å²) in [7, 11) is 1.75. The third-order valence-corrected chi connectivity index (χ3v) is 18.3. The fourth-order valence-electron chi connectivity index (χ4n) is 12.2. The first kappa shape index (κ1) is 46.6. The van der Waals surface area contributed by atoms with Crippen LogP contribution in [-0.4, -0.2) is 30.1 Å². The highest BCUT2D eigenvalue weighted by molar-refractivity contribution is 6.75. The molecule has 73 heavy (non-hydrogen) atoms. The molecule has 0 aliphatic heterocycles. The number of fused-ring (bicyclic) bond motifs is 7. The minimum Gasteiger partial charge on any atom is -0.373 e. The summed E-state index contributed by atoms with van der Waals surface area (Å²) in [6.07, 6.45) is 8.54. The van der Waals surface area contributed by atoms with Gasteiger partial charge in [-0.25, -0.2) is 0 Å². The maximum atomic E-state index is 6.33. The Bertz CT molecular complexity index is 4030. The van der Waals surface area contributed by atoms with Gasteiger partial charge in [-0.05, 0) is 144 Å². The zero-order chi connectivity index (χ0) is 49.5. The second kappa shape index (κ2) is 19.9. The van der Waals surface area contributed by atoms with Gasteiger partial charge >= 0.3 is 8.80 Å². The summed E-state index contributed by atoms with van der Waals surface area (Å²) in [5.74, 6) is 0. The van der Waals surface area contributed by atoms with Crippen molar-refractivity contribution in [1.82, 2.24) is 0 Å². The van der Waals surface area contributed by atoms with E-state index >= 15 is 0 Å². The van der Waals surface area contributed by atoms with Crippen molar-refractivity contribution in [2.75, 3.05) is 21.3 Å². The summed E-state index contributed by atoms with van der Waals surface area (Å²) in [6, 6.07) is 77.4. The van der Waals surface area contributed by atoms with Gasteiger partial charge in [0.2, 0.25) is 0 Å². The average molecular weight is 965 g/mol. The molecule has 0 saturated heterocycles. The van der Waals surface area contributed by atoms with Gasteiger partial charge in [-0.1, -0.05) is 239 Å². The molecule has 0 fully saturated rings. The van der Waals surface area contributed by atoms with E-state index in [0.29, 0.717) is 0 Å². The molecule has 0 amide bonds. The predicted molar refractivity (Wildman–Crippen MR) is 314 cm³/mol. The Labute approximate surface area is 430 Å². The first-order chi connectivity index (χ1) is 36.1. The van der Waals surface area contributed by atoms with Gasteiger partial charge in [0.1, 0.15) is 0 Å². The van der Waals surface area contributed by atoms with Crippen LogP contribution in [-0.2, 0) is 19.7 Å². The fraction of sp³-hybridized carbons (Fsp3) is 0.159. The second-order valence-electron chi connectivity index (χ2n) is 19.7. The van der Waals surface area contributed by atoms with Crippen LogP contribution in [0.1, 0.15) is 51.0 Å². The van der Waals surface area contributed by atoms with Gasteiger partial charge in [-0.15, -0.1) is 0 Å². The van der Waals surface area contributed by atoms with Crippen LogP contribution in [0.15, 0.2) is 206 Å². The standard InChI is InChI=1S/C69H60O3Si/c1-5-6-7-8-9-10-23-46-40-42-60-62(44-46)66(58-38-21-30-49-26-13-17-34-54(49)58)69-67(59-39-22-31-50-27-14-18-35-55(50)59)63-45-51(73(70-2,71-3)72-4)41-43-61(63)65(57-37-20-29-48-25-12-16-33-53(48)57)68(69)64(60)56-36-19-28-47-24-11-15-32-52(47)56/h11-22,24-45H,5-10,23H2,1-4H3. The van der Waals surface area contributed by atoms with Crippen molar-refractivity contribution in [3.63, 3.8) is 0 Å². The third-order valence-electron chi connectivity index (χ3n) is 15.6. The summed E-state index contributed by atoms with van der Waals surface area (Å²) in [4.78, 5) is 0. The second-order valence-corrected chi connectivity index (χ2v) is 22.6. The van der Waals surface area contributed by atoms with Crippen molar-refractivity contribution in [2.24, 2.45) is 0 Å². The normalized spacial score (nSPS) is 12.1. The number of benzene rings is 12. The highest BCUT2D eigenvalue weighted by atomic mass is 28.4. The van der Waals surface area contributed by atoms with Crippen LogP contribution >= 0.6 is 0 Å². The fourth-order valence-corrected chi connectivity index (χ4v) is 14.0. The molecule has 0 aliphatic carbocycles. The van der Waals surface area contributed by atoms with E-state index in [1.165, 1.54) is 147 Å². The van der Waals surface area contributed by atoms with Crippen LogP contribution < -0.4 is 5.19 Å². The van der Waals surface area contributed by atoms with Crippen molar-refractivity contribution >= 4 is 89.4 Å². The molecule has 0 unspecified atom stereocenters. The van der Waals surface area contributed by atoms with E-state index in [1.807, 2.05) is 0 Å². The van der Waals surface area contributed by atoms with Crippen molar-refractivity contribution in [1.29, 1.82) is 0 Å².